The van der Waals surface area contributed by atoms with Crippen molar-refractivity contribution in [3.8, 4) is 5.75 Å². The van der Waals surface area contributed by atoms with Crippen molar-refractivity contribution >= 4 is 11.8 Å². The largest absolute Gasteiger partial charge is 0.573 e. The van der Waals surface area contributed by atoms with E-state index in [1.807, 2.05) is 0 Å². The van der Waals surface area contributed by atoms with Gasteiger partial charge in [-0.2, -0.15) is 4.98 Å². The molecule has 0 amide bonds. The summed E-state index contributed by atoms with van der Waals surface area (Å²) in [5.41, 5.74) is 0.425. The summed E-state index contributed by atoms with van der Waals surface area (Å²) in [6.07, 6.45) is 4.76. The molecule has 1 saturated heterocycles. The number of nitrogens with one attached hydrogen (secondary N) is 3. The van der Waals surface area contributed by atoms with Gasteiger partial charge < -0.3 is 25.6 Å². The molecule has 0 spiro atoms. The predicted molar refractivity (Wildman–Crippen MR) is 154 cm³/mol. The van der Waals surface area contributed by atoms with Crippen molar-refractivity contribution in [1.29, 1.82) is 0 Å². The van der Waals surface area contributed by atoms with E-state index in [1.165, 1.54) is 63.4 Å². The highest BCUT2D eigenvalue weighted by Gasteiger charge is 2.55. The minimum Gasteiger partial charge on any atom is -0.405 e. The van der Waals surface area contributed by atoms with Crippen LogP contribution in [0.1, 0.15) is 64.4 Å². The molecule has 0 radical (unpaired) electrons. The molecule has 7 nitrogen and oxygen atoms in total. The number of rotatable bonds is 10. The highest BCUT2D eigenvalue weighted by Crippen LogP contribution is 2.60. The van der Waals surface area contributed by atoms with Crippen molar-refractivity contribution in [2.45, 2.75) is 89.8 Å². The summed E-state index contributed by atoms with van der Waals surface area (Å²) in [6, 6.07) is 7.68. The smallest absolute Gasteiger partial charge is 0.405 e. The third kappa shape index (κ3) is 6.61. The lowest BCUT2D eigenvalue weighted by Gasteiger charge is -2.61. The van der Waals surface area contributed by atoms with E-state index in [-0.39, 0.29) is 29.5 Å². The lowest BCUT2D eigenvalue weighted by atomic mass is 9.48. The number of likely N-dealkylation sites (tertiary alicyclic amines) is 1. The second-order valence-electron chi connectivity index (χ2n) is 13.3. The van der Waals surface area contributed by atoms with Gasteiger partial charge in [0.15, 0.2) is 11.6 Å². The fraction of sp³-hybridized carbons (Fsp3) is 0.677. The second-order valence-corrected chi connectivity index (χ2v) is 13.3. The van der Waals surface area contributed by atoms with Crippen LogP contribution >= 0.6 is 0 Å². The van der Waals surface area contributed by atoms with Gasteiger partial charge in [-0.05, 0) is 101 Å². The lowest BCUT2D eigenvalue weighted by molar-refractivity contribution is -0.274. The summed E-state index contributed by atoms with van der Waals surface area (Å²) >= 11 is 0. The quantitative estimate of drug-likeness (QED) is 0.285. The van der Waals surface area contributed by atoms with E-state index in [0.29, 0.717) is 42.1 Å². The van der Waals surface area contributed by atoms with Gasteiger partial charge >= 0.3 is 6.36 Å². The van der Waals surface area contributed by atoms with Gasteiger partial charge in [0.25, 0.3) is 0 Å². The molecular formula is C31H42F4N6O. The van der Waals surface area contributed by atoms with Crippen LogP contribution in [0, 0.1) is 29.0 Å². The molecule has 11 heteroatoms. The van der Waals surface area contributed by atoms with Gasteiger partial charge in [0.1, 0.15) is 5.75 Å². The average Bonchev–Trinajstić information content (AvgIpc) is 2.93. The van der Waals surface area contributed by atoms with Crippen LogP contribution < -0.4 is 20.7 Å². The van der Waals surface area contributed by atoms with Crippen molar-refractivity contribution in [3.05, 3.63) is 41.8 Å². The molecule has 7 rings (SSSR count). The molecule has 3 N–H and O–H groups in total. The number of piperidine rings is 1. The molecular weight excluding hydrogens is 548 g/mol. The molecule has 4 bridgehead atoms. The first-order valence-electron chi connectivity index (χ1n) is 15.4. The fourth-order valence-corrected chi connectivity index (χ4v) is 8.43. The van der Waals surface area contributed by atoms with Crippen LogP contribution in [-0.2, 0) is 6.54 Å². The van der Waals surface area contributed by atoms with Gasteiger partial charge in [-0.25, -0.2) is 9.37 Å². The third-order valence-corrected chi connectivity index (χ3v) is 10.1. The molecule has 5 fully saturated rings. The van der Waals surface area contributed by atoms with Crippen molar-refractivity contribution in [2.75, 3.05) is 30.3 Å². The van der Waals surface area contributed by atoms with E-state index in [1.54, 1.807) is 6.07 Å². The Hall–Kier alpha value is -2.66. The number of aromatic nitrogens is 2. The van der Waals surface area contributed by atoms with E-state index in [4.69, 9.17) is 0 Å². The molecule has 5 atom stereocenters. The Labute approximate surface area is 245 Å². The summed E-state index contributed by atoms with van der Waals surface area (Å²) in [7, 11) is 0. The summed E-state index contributed by atoms with van der Waals surface area (Å²) in [5.74, 6) is 1.47. The Morgan fingerprint density at radius 2 is 1.76 bits per heavy atom. The number of alkyl halides is 3. The van der Waals surface area contributed by atoms with Crippen molar-refractivity contribution in [2.24, 2.45) is 23.2 Å². The zero-order valence-electron chi connectivity index (χ0n) is 24.4. The summed E-state index contributed by atoms with van der Waals surface area (Å²) < 4.78 is 57.2. The molecule has 1 aromatic heterocycles. The van der Waals surface area contributed by atoms with Crippen molar-refractivity contribution in [3.63, 3.8) is 0 Å². The zero-order chi connectivity index (χ0) is 29.5. The van der Waals surface area contributed by atoms with Crippen LogP contribution in [0.2, 0.25) is 0 Å². The Bertz CT molecular complexity index is 1220. The van der Waals surface area contributed by atoms with Gasteiger partial charge in [0.2, 0.25) is 5.95 Å². The lowest BCUT2D eigenvalue weighted by Crippen LogP contribution is -2.62. The number of benzene rings is 1. The predicted octanol–water partition coefficient (Wildman–Crippen LogP) is 6.20. The van der Waals surface area contributed by atoms with Crippen LogP contribution in [-0.4, -0.2) is 59.0 Å². The van der Waals surface area contributed by atoms with E-state index in [2.05, 4.69) is 49.4 Å². The Kier molecular flexibility index (Phi) is 8.26. The molecule has 2 aromatic rings. The monoisotopic (exact) mass is 590 g/mol. The highest BCUT2D eigenvalue weighted by atomic mass is 19.4. The number of nitrogens with zero attached hydrogens (tertiary/aromatic N) is 3. The van der Waals surface area contributed by atoms with Gasteiger partial charge in [-0.1, -0.05) is 18.2 Å². The van der Waals surface area contributed by atoms with Gasteiger partial charge in [-0.3, -0.25) is 0 Å². The second kappa shape index (κ2) is 11.8. The first-order chi connectivity index (χ1) is 20.1. The van der Waals surface area contributed by atoms with Gasteiger partial charge in [-0.15, -0.1) is 13.2 Å². The molecule has 4 saturated carbocycles. The van der Waals surface area contributed by atoms with Crippen LogP contribution in [0.25, 0.3) is 0 Å². The van der Waals surface area contributed by atoms with E-state index in [9.17, 15) is 17.6 Å². The maximum absolute atomic E-state index is 14.8. The number of hydrogen-bond donors (Lipinski definition) is 3. The van der Waals surface area contributed by atoms with Crippen LogP contribution in [0.15, 0.2) is 30.5 Å². The average molecular weight is 591 g/mol. The van der Waals surface area contributed by atoms with Gasteiger partial charge in [0.05, 0.1) is 6.20 Å². The van der Waals surface area contributed by atoms with E-state index < -0.39 is 12.2 Å². The van der Waals surface area contributed by atoms with E-state index >= 15 is 0 Å². The van der Waals surface area contributed by atoms with Crippen molar-refractivity contribution < 1.29 is 22.3 Å². The molecule has 4 aliphatic carbocycles. The molecule has 1 aromatic carbocycles. The molecule has 1 aliphatic heterocycles. The maximum Gasteiger partial charge on any atom is 0.573 e. The first kappa shape index (κ1) is 29.4. The minimum atomic E-state index is -4.79. The minimum absolute atomic E-state index is 0.00279. The SMILES string of the molecule is CC(C)N1CCC(NC2[C@@H]3CC4C[C@H]2CC(CNc2nc(NCc5ccccc5OC(F)(F)F)ncc2F)(C4)C3)CC1. The number of para-hydroxylation sites is 1. The molecule has 230 valence electrons. The molecule has 2 heterocycles. The Balaban J connectivity index is 1.06. The van der Waals surface area contributed by atoms with Crippen molar-refractivity contribution in [1.82, 2.24) is 20.2 Å². The highest BCUT2D eigenvalue weighted by molar-refractivity contribution is 5.43. The number of ether oxygens (including phenoxy) is 1. The van der Waals surface area contributed by atoms with Crippen LogP contribution in [0.3, 0.4) is 0 Å². The Morgan fingerprint density at radius 3 is 2.45 bits per heavy atom. The molecule has 5 aliphatic rings. The standard InChI is InChI=1S/C31H42F4N6O/c1-19(2)41-9-7-24(8-10-41)39-27-22-11-20-12-23(27)15-30(13-20,14-22)18-38-28-25(32)17-37-29(40-28)36-16-21-5-3-4-6-26(21)42-31(33,34)35/h3-6,17,19-20,22-24,27,39H,7-16,18H2,1-2H3,(H2,36,37,38,40)/t20?,22-,23+,27?,30?. The topological polar surface area (TPSA) is 74.3 Å². The molecule has 42 heavy (non-hydrogen) atoms. The number of anilines is 2. The summed E-state index contributed by atoms with van der Waals surface area (Å²) in [4.78, 5) is 10.9. The maximum atomic E-state index is 14.8. The first-order valence-corrected chi connectivity index (χ1v) is 15.4. The third-order valence-electron chi connectivity index (χ3n) is 10.1. The van der Waals surface area contributed by atoms with Crippen LogP contribution in [0.5, 0.6) is 5.75 Å². The fourth-order valence-electron chi connectivity index (χ4n) is 8.43. The summed E-state index contributed by atoms with van der Waals surface area (Å²) in [5, 5.41) is 10.3. The zero-order valence-corrected chi connectivity index (χ0v) is 24.4. The number of halogens is 4. The van der Waals surface area contributed by atoms with E-state index in [0.717, 1.165) is 25.0 Å². The summed E-state index contributed by atoms with van der Waals surface area (Å²) in [6.45, 7) is 7.55. The van der Waals surface area contributed by atoms with Gasteiger partial charge in [0, 0.05) is 36.8 Å². The van der Waals surface area contributed by atoms with Crippen LogP contribution in [0.4, 0.5) is 29.3 Å². The number of hydrogen-bond acceptors (Lipinski definition) is 7. The normalized spacial score (nSPS) is 29.7. The molecule has 3 unspecified atom stereocenters. The Morgan fingerprint density at radius 1 is 1.05 bits per heavy atom.